The van der Waals surface area contributed by atoms with Crippen LogP contribution in [-0.2, 0) is 6.54 Å². The largest absolute Gasteiger partial charge is 0.382 e. The van der Waals surface area contributed by atoms with Crippen LogP contribution < -0.4 is 11.1 Å². The van der Waals surface area contributed by atoms with Crippen molar-refractivity contribution in [3.05, 3.63) is 29.3 Å². The molecule has 0 bridgehead atoms. The van der Waals surface area contributed by atoms with Gasteiger partial charge < -0.3 is 11.1 Å². The third kappa shape index (κ3) is 3.01. The van der Waals surface area contributed by atoms with E-state index < -0.39 is 0 Å². The molecule has 2 rings (SSSR count). The van der Waals surface area contributed by atoms with E-state index in [-0.39, 0.29) is 0 Å². The summed E-state index contributed by atoms with van der Waals surface area (Å²) in [5.41, 5.74) is 9.95. The van der Waals surface area contributed by atoms with E-state index in [1.807, 2.05) is 0 Å². The van der Waals surface area contributed by atoms with Crippen LogP contribution >= 0.6 is 0 Å². The van der Waals surface area contributed by atoms with Gasteiger partial charge in [0.25, 0.3) is 0 Å². The molecule has 1 aliphatic carbocycles. The summed E-state index contributed by atoms with van der Waals surface area (Å²) in [6.07, 6.45) is 3.87. The zero-order valence-electron chi connectivity index (χ0n) is 11.2. The number of rotatable bonds is 3. The standard InChI is InChI=1S/C15H24N2/c1-11-8-13(5-4-12(11)10-16)17-14-6-7-15(2,3)9-14/h4-5,8,14,17H,6-7,9-10,16H2,1-3H3. The Morgan fingerprint density at radius 2 is 2.18 bits per heavy atom. The average Bonchev–Trinajstić information content (AvgIpc) is 2.58. The summed E-state index contributed by atoms with van der Waals surface area (Å²) in [7, 11) is 0. The molecule has 1 aromatic carbocycles. The van der Waals surface area contributed by atoms with Crippen LogP contribution in [0.15, 0.2) is 18.2 Å². The Bertz CT molecular complexity index is 396. The van der Waals surface area contributed by atoms with Gasteiger partial charge in [0, 0.05) is 18.3 Å². The van der Waals surface area contributed by atoms with E-state index in [1.54, 1.807) is 0 Å². The molecule has 0 spiro atoms. The Balaban J connectivity index is 2.02. The lowest BCUT2D eigenvalue weighted by Gasteiger charge is -2.19. The van der Waals surface area contributed by atoms with Gasteiger partial charge >= 0.3 is 0 Å². The van der Waals surface area contributed by atoms with E-state index in [2.05, 4.69) is 44.3 Å². The molecule has 1 atom stereocenters. The van der Waals surface area contributed by atoms with Crippen LogP contribution in [0.4, 0.5) is 5.69 Å². The van der Waals surface area contributed by atoms with Crippen LogP contribution in [0.3, 0.4) is 0 Å². The molecule has 0 amide bonds. The van der Waals surface area contributed by atoms with E-state index in [0.29, 0.717) is 18.0 Å². The summed E-state index contributed by atoms with van der Waals surface area (Å²) < 4.78 is 0. The maximum absolute atomic E-state index is 5.68. The van der Waals surface area contributed by atoms with E-state index in [9.17, 15) is 0 Å². The number of hydrogen-bond donors (Lipinski definition) is 2. The zero-order chi connectivity index (χ0) is 12.5. The Morgan fingerprint density at radius 1 is 1.41 bits per heavy atom. The molecule has 1 fully saturated rings. The van der Waals surface area contributed by atoms with Gasteiger partial charge in [-0.1, -0.05) is 19.9 Å². The number of aryl methyl sites for hydroxylation is 1. The maximum Gasteiger partial charge on any atom is 0.0345 e. The van der Waals surface area contributed by atoms with Gasteiger partial charge in [0.05, 0.1) is 0 Å². The first-order valence-electron chi connectivity index (χ1n) is 6.56. The van der Waals surface area contributed by atoms with Crippen molar-refractivity contribution in [1.29, 1.82) is 0 Å². The van der Waals surface area contributed by atoms with Gasteiger partial charge in [-0.25, -0.2) is 0 Å². The van der Waals surface area contributed by atoms with Crippen molar-refractivity contribution in [2.75, 3.05) is 5.32 Å². The molecule has 1 unspecified atom stereocenters. The molecule has 94 valence electrons. The van der Waals surface area contributed by atoms with Crippen LogP contribution in [0.25, 0.3) is 0 Å². The highest BCUT2D eigenvalue weighted by atomic mass is 14.9. The van der Waals surface area contributed by atoms with Crippen LogP contribution in [0.1, 0.15) is 44.2 Å². The molecule has 2 heteroatoms. The first kappa shape index (κ1) is 12.4. The third-order valence-electron chi connectivity index (χ3n) is 3.90. The number of anilines is 1. The second-order valence-corrected chi connectivity index (χ2v) is 6.09. The molecule has 1 saturated carbocycles. The van der Waals surface area contributed by atoms with Gasteiger partial charge in [-0.05, 0) is 54.9 Å². The topological polar surface area (TPSA) is 38.0 Å². The third-order valence-corrected chi connectivity index (χ3v) is 3.90. The van der Waals surface area contributed by atoms with E-state index in [1.165, 1.54) is 36.1 Å². The maximum atomic E-state index is 5.68. The second kappa shape index (κ2) is 4.69. The molecule has 0 saturated heterocycles. The molecule has 1 aliphatic rings. The number of nitrogens with one attached hydrogen (secondary N) is 1. The monoisotopic (exact) mass is 232 g/mol. The summed E-state index contributed by atoms with van der Waals surface area (Å²) in [5.74, 6) is 0. The van der Waals surface area contributed by atoms with Crippen LogP contribution in [0, 0.1) is 12.3 Å². The lowest BCUT2D eigenvalue weighted by atomic mass is 9.92. The lowest BCUT2D eigenvalue weighted by Crippen LogP contribution is -2.17. The van der Waals surface area contributed by atoms with Gasteiger partial charge in [-0.3, -0.25) is 0 Å². The molecule has 0 radical (unpaired) electrons. The number of nitrogens with two attached hydrogens (primary N) is 1. The normalized spacial score (nSPS) is 22.7. The van der Waals surface area contributed by atoms with Crippen molar-refractivity contribution >= 4 is 5.69 Å². The van der Waals surface area contributed by atoms with Gasteiger partial charge in [0.1, 0.15) is 0 Å². The van der Waals surface area contributed by atoms with Crippen molar-refractivity contribution in [2.24, 2.45) is 11.1 Å². The predicted octanol–water partition coefficient (Wildman–Crippen LogP) is 3.44. The van der Waals surface area contributed by atoms with Crippen molar-refractivity contribution in [3.63, 3.8) is 0 Å². The van der Waals surface area contributed by atoms with Crippen molar-refractivity contribution < 1.29 is 0 Å². The minimum atomic E-state index is 0.504. The summed E-state index contributed by atoms with van der Waals surface area (Å²) in [6, 6.07) is 7.14. The highest BCUT2D eigenvalue weighted by Crippen LogP contribution is 2.38. The van der Waals surface area contributed by atoms with Gasteiger partial charge in [-0.15, -0.1) is 0 Å². The molecule has 0 heterocycles. The average molecular weight is 232 g/mol. The quantitative estimate of drug-likeness (QED) is 0.837. The zero-order valence-corrected chi connectivity index (χ0v) is 11.2. The summed E-state index contributed by atoms with van der Waals surface area (Å²) in [6.45, 7) is 7.48. The minimum absolute atomic E-state index is 0.504. The molecular formula is C15H24N2. The fourth-order valence-electron chi connectivity index (χ4n) is 2.81. The van der Waals surface area contributed by atoms with Crippen molar-refractivity contribution in [3.8, 4) is 0 Å². The Kier molecular flexibility index (Phi) is 3.43. The van der Waals surface area contributed by atoms with Gasteiger partial charge in [0.15, 0.2) is 0 Å². The van der Waals surface area contributed by atoms with Crippen molar-refractivity contribution in [2.45, 2.75) is 52.6 Å². The fraction of sp³-hybridized carbons (Fsp3) is 0.600. The molecule has 1 aromatic rings. The smallest absolute Gasteiger partial charge is 0.0345 e. The molecule has 0 aromatic heterocycles. The molecular weight excluding hydrogens is 208 g/mol. The minimum Gasteiger partial charge on any atom is -0.382 e. The molecule has 0 aliphatic heterocycles. The molecule has 2 nitrogen and oxygen atoms in total. The van der Waals surface area contributed by atoms with Gasteiger partial charge in [-0.2, -0.15) is 0 Å². The number of hydrogen-bond acceptors (Lipinski definition) is 2. The Labute approximate surface area is 105 Å². The molecule has 17 heavy (non-hydrogen) atoms. The first-order valence-corrected chi connectivity index (χ1v) is 6.56. The number of benzene rings is 1. The fourth-order valence-corrected chi connectivity index (χ4v) is 2.81. The SMILES string of the molecule is Cc1cc(NC2CCC(C)(C)C2)ccc1CN. The predicted molar refractivity (Wildman–Crippen MR) is 74.1 cm³/mol. The van der Waals surface area contributed by atoms with Crippen molar-refractivity contribution in [1.82, 2.24) is 0 Å². The highest BCUT2D eigenvalue weighted by Gasteiger charge is 2.30. The van der Waals surface area contributed by atoms with Gasteiger partial charge in [0.2, 0.25) is 0 Å². The van der Waals surface area contributed by atoms with Crippen LogP contribution in [0.5, 0.6) is 0 Å². The summed E-state index contributed by atoms with van der Waals surface area (Å²) in [4.78, 5) is 0. The summed E-state index contributed by atoms with van der Waals surface area (Å²) >= 11 is 0. The Morgan fingerprint density at radius 3 is 2.71 bits per heavy atom. The van der Waals surface area contributed by atoms with Crippen LogP contribution in [0.2, 0.25) is 0 Å². The van der Waals surface area contributed by atoms with E-state index in [0.717, 1.165) is 0 Å². The first-order chi connectivity index (χ1) is 8.00. The summed E-state index contributed by atoms with van der Waals surface area (Å²) in [5, 5.41) is 3.65. The van der Waals surface area contributed by atoms with Crippen LogP contribution in [-0.4, -0.2) is 6.04 Å². The van der Waals surface area contributed by atoms with E-state index >= 15 is 0 Å². The lowest BCUT2D eigenvalue weighted by molar-refractivity contribution is 0.378. The second-order valence-electron chi connectivity index (χ2n) is 6.09. The Hall–Kier alpha value is -1.02. The highest BCUT2D eigenvalue weighted by molar-refractivity contribution is 5.49. The van der Waals surface area contributed by atoms with E-state index in [4.69, 9.17) is 5.73 Å². The molecule has 3 N–H and O–H groups in total.